The normalized spacial score (nSPS) is 12.6. The molecule has 0 spiro atoms. The molecule has 0 bridgehead atoms. The van der Waals surface area contributed by atoms with E-state index in [-0.39, 0.29) is 0 Å². The van der Waals surface area contributed by atoms with Gasteiger partial charge < -0.3 is 4.57 Å². The van der Waals surface area contributed by atoms with Gasteiger partial charge in [0, 0.05) is 45.4 Å². The van der Waals surface area contributed by atoms with Crippen molar-refractivity contribution in [2.45, 2.75) is 12.8 Å². The van der Waals surface area contributed by atoms with Crippen molar-refractivity contribution in [1.82, 2.24) is 14.5 Å². The van der Waals surface area contributed by atoms with Gasteiger partial charge in [0.05, 0.1) is 22.4 Å². The van der Waals surface area contributed by atoms with Gasteiger partial charge in [0.25, 0.3) is 0 Å². The first kappa shape index (κ1) is 20.4. The molecule has 0 saturated heterocycles. The smallest absolute Gasteiger partial charge is 0.0781 e. The Bertz CT molecular complexity index is 1990. The molecule has 0 saturated carbocycles. The van der Waals surface area contributed by atoms with Crippen molar-refractivity contribution in [3.63, 3.8) is 0 Å². The molecule has 8 rings (SSSR count). The quantitative estimate of drug-likeness (QED) is 0.254. The molecule has 0 atom stereocenters. The lowest BCUT2D eigenvalue weighted by Crippen LogP contribution is -2.06. The molecule has 7 aromatic rings. The Morgan fingerprint density at radius 1 is 0.541 bits per heavy atom. The number of para-hydroxylation sites is 1. The second-order valence-electron chi connectivity index (χ2n) is 9.82. The van der Waals surface area contributed by atoms with Crippen LogP contribution in [0.5, 0.6) is 0 Å². The lowest BCUT2D eigenvalue weighted by molar-refractivity contribution is 0.925. The van der Waals surface area contributed by atoms with E-state index in [0.29, 0.717) is 0 Å². The van der Waals surface area contributed by atoms with Crippen LogP contribution in [-0.2, 0) is 12.8 Å². The summed E-state index contributed by atoms with van der Waals surface area (Å²) in [6, 6.07) is 37.1. The van der Waals surface area contributed by atoms with Gasteiger partial charge in [-0.15, -0.1) is 0 Å². The Labute approximate surface area is 214 Å². The lowest BCUT2D eigenvalue weighted by Gasteiger charge is -2.20. The molecule has 0 fully saturated rings. The summed E-state index contributed by atoms with van der Waals surface area (Å²) in [5.41, 5.74) is 10.8. The topological polar surface area (TPSA) is 30.7 Å². The first-order valence-electron chi connectivity index (χ1n) is 12.8. The van der Waals surface area contributed by atoms with E-state index in [4.69, 9.17) is 9.97 Å². The lowest BCUT2D eigenvalue weighted by atomic mass is 9.89. The third kappa shape index (κ3) is 3.07. The highest BCUT2D eigenvalue weighted by atomic mass is 15.0. The van der Waals surface area contributed by atoms with Crippen LogP contribution in [0.3, 0.4) is 0 Å². The van der Waals surface area contributed by atoms with Crippen LogP contribution in [0.4, 0.5) is 0 Å². The average molecular weight is 474 g/mol. The molecule has 3 aromatic heterocycles. The van der Waals surface area contributed by atoms with Crippen LogP contribution in [0, 0.1) is 0 Å². The standard InChI is InChI=1S/C34H23N3/c1-2-8-27-22(6-1)17-19-36-34(27)25-14-16-29-28-9-3-4-10-31(28)37(32(29)20-25)26-15-13-23-11-12-24-7-5-18-35-33(24)30(23)21-26/h1-10,13-21H,11-12H2. The van der Waals surface area contributed by atoms with Crippen molar-refractivity contribution in [3.8, 4) is 28.2 Å². The minimum absolute atomic E-state index is 1.01. The van der Waals surface area contributed by atoms with Crippen LogP contribution >= 0.6 is 0 Å². The summed E-state index contributed by atoms with van der Waals surface area (Å²) in [7, 11) is 0. The van der Waals surface area contributed by atoms with Gasteiger partial charge in [-0.2, -0.15) is 0 Å². The summed E-state index contributed by atoms with van der Waals surface area (Å²) >= 11 is 0. The molecule has 3 heteroatoms. The van der Waals surface area contributed by atoms with E-state index < -0.39 is 0 Å². The summed E-state index contributed by atoms with van der Waals surface area (Å²) < 4.78 is 2.40. The number of fused-ring (bicyclic) bond motifs is 7. The van der Waals surface area contributed by atoms with Crippen molar-refractivity contribution >= 4 is 32.6 Å². The minimum atomic E-state index is 1.01. The van der Waals surface area contributed by atoms with E-state index in [9.17, 15) is 0 Å². The second-order valence-corrected chi connectivity index (χ2v) is 9.82. The van der Waals surface area contributed by atoms with Crippen molar-refractivity contribution in [3.05, 3.63) is 127 Å². The Morgan fingerprint density at radius 2 is 1.35 bits per heavy atom. The van der Waals surface area contributed by atoms with Gasteiger partial charge in [0.2, 0.25) is 0 Å². The van der Waals surface area contributed by atoms with E-state index in [1.807, 2.05) is 18.5 Å². The van der Waals surface area contributed by atoms with Crippen molar-refractivity contribution in [1.29, 1.82) is 0 Å². The highest BCUT2D eigenvalue weighted by Crippen LogP contribution is 2.38. The molecule has 0 unspecified atom stereocenters. The number of aromatic nitrogens is 3. The summed E-state index contributed by atoms with van der Waals surface area (Å²) in [5, 5.41) is 4.87. The maximum Gasteiger partial charge on any atom is 0.0781 e. The molecular weight excluding hydrogens is 450 g/mol. The Kier molecular flexibility index (Phi) is 4.35. The largest absolute Gasteiger partial charge is 0.309 e. The molecule has 1 aliphatic carbocycles. The predicted octanol–water partition coefficient (Wildman–Crippen LogP) is 8.16. The number of benzene rings is 4. The maximum atomic E-state index is 4.81. The summed E-state index contributed by atoms with van der Waals surface area (Å²) in [6.07, 6.45) is 5.92. The Balaban J connectivity index is 1.41. The Hall–Kier alpha value is -4.76. The molecule has 0 radical (unpaired) electrons. The molecule has 4 aromatic carbocycles. The van der Waals surface area contributed by atoms with Crippen LogP contribution in [0.1, 0.15) is 11.1 Å². The SMILES string of the molecule is c1cnc2c(c1)CCc1ccc(-n3c4ccccc4c4ccc(-c5nccc6ccccc56)cc43)cc1-2. The molecule has 0 amide bonds. The fraction of sp³-hybridized carbons (Fsp3) is 0.0588. The van der Waals surface area contributed by atoms with E-state index in [1.54, 1.807) is 0 Å². The third-order valence-electron chi connectivity index (χ3n) is 7.78. The monoisotopic (exact) mass is 473 g/mol. The van der Waals surface area contributed by atoms with Crippen molar-refractivity contribution < 1.29 is 0 Å². The molecule has 37 heavy (non-hydrogen) atoms. The first-order valence-corrected chi connectivity index (χ1v) is 12.8. The van der Waals surface area contributed by atoms with Gasteiger partial charge in [-0.1, -0.05) is 66.7 Å². The zero-order valence-electron chi connectivity index (χ0n) is 20.2. The minimum Gasteiger partial charge on any atom is -0.309 e. The number of nitrogens with zero attached hydrogens (tertiary/aromatic N) is 3. The zero-order chi connectivity index (χ0) is 24.3. The van der Waals surface area contributed by atoms with Gasteiger partial charge >= 0.3 is 0 Å². The van der Waals surface area contributed by atoms with Gasteiger partial charge in [-0.3, -0.25) is 9.97 Å². The zero-order valence-corrected chi connectivity index (χ0v) is 20.2. The van der Waals surface area contributed by atoms with Gasteiger partial charge in [0.1, 0.15) is 0 Å². The van der Waals surface area contributed by atoms with Crippen LogP contribution in [0.25, 0.3) is 60.8 Å². The van der Waals surface area contributed by atoms with Crippen molar-refractivity contribution in [2.75, 3.05) is 0 Å². The van der Waals surface area contributed by atoms with Crippen LogP contribution in [0.2, 0.25) is 0 Å². The number of aryl methyl sites for hydroxylation is 2. The second kappa shape index (κ2) is 7.87. The fourth-order valence-corrected chi connectivity index (χ4v) is 6.04. The maximum absolute atomic E-state index is 4.81. The van der Waals surface area contributed by atoms with Crippen LogP contribution < -0.4 is 0 Å². The predicted molar refractivity (Wildman–Crippen MR) is 152 cm³/mol. The van der Waals surface area contributed by atoms with E-state index >= 15 is 0 Å². The number of rotatable bonds is 2. The molecule has 174 valence electrons. The van der Waals surface area contributed by atoms with E-state index in [2.05, 4.69) is 102 Å². The highest BCUT2D eigenvalue weighted by molar-refractivity contribution is 6.10. The molecule has 3 nitrogen and oxygen atoms in total. The number of hydrogen-bond acceptors (Lipinski definition) is 2. The van der Waals surface area contributed by atoms with Gasteiger partial charge in [-0.05, 0) is 65.8 Å². The summed E-state index contributed by atoms with van der Waals surface area (Å²) in [5.74, 6) is 0. The fourth-order valence-electron chi connectivity index (χ4n) is 6.04. The number of hydrogen-bond donors (Lipinski definition) is 0. The average Bonchev–Trinajstić information content (AvgIpc) is 3.30. The molecule has 3 heterocycles. The molecular formula is C34H23N3. The van der Waals surface area contributed by atoms with Gasteiger partial charge in [-0.25, -0.2) is 0 Å². The molecule has 0 N–H and O–H groups in total. The third-order valence-corrected chi connectivity index (χ3v) is 7.78. The summed E-state index contributed by atoms with van der Waals surface area (Å²) in [6.45, 7) is 0. The molecule has 0 aliphatic heterocycles. The van der Waals surface area contributed by atoms with Crippen LogP contribution in [0.15, 0.2) is 116 Å². The first-order chi connectivity index (χ1) is 18.3. The number of pyridine rings is 2. The van der Waals surface area contributed by atoms with E-state index in [1.165, 1.54) is 49.3 Å². The van der Waals surface area contributed by atoms with E-state index in [0.717, 1.165) is 35.5 Å². The molecule has 1 aliphatic rings. The highest BCUT2D eigenvalue weighted by Gasteiger charge is 2.20. The summed E-state index contributed by atoms with van der Waals surface area (Å²) in [4.78, 5) is 9.58. The van der Waals surface area contributed by atoms with Crippen LogP contribution in [-0.4, -0.2) is 14.5 Å². The van der Waals surface area contributed by atoms with Crippen molar-refractivity contribution in [2.24, 2.45) is 0 Å². The Morgan fingerprint density at radius 3 is 2.32 bits per heavy atom. The van der Waals surface area contributed by atoms with Gasteiger partial charge in [0.15, 0.2) is 0 Å².